The average molecular weight is 261 g/mol. The molecule has 1 atom stereocenters. The van der Waals surface area contributed by atoms with Crippen molar-refractivity contribution in [3.63, 3.8) is 0 Å². The van der Waals surface area contributed by atoms with Gasteiger partial charge < -0.3 is 10.6 Å². The summed E-state index contributed by atoms with van der Waals surface area (Å²) in [6, 6.07) is 0.514. The van der Waals surface area contributed by atoms with E-state index in [-0.39, 0.29) is 5.91 Å². The van der Waals surface area contributed by atoms with Crippen LogP contribution >= 0.6 is 0 Å². The second-order valence-electron chi connectivity index (χ2n) is 5.27. The Hall–Kier alpha value is -1.69. The first-order valence-corrected chi connectivity index (χ1v) is 6.85. The summed E-state index contributed by atoms with van der Waals surface area (Å²) in [5, 5.41) is 0. The van der Waals surface area contributed by atoms with Crippen LogP contribution in [0.25, 0.3) is 0 Å². The third kappa shape index (κ3) is 2.53. The van der Waals surface area contributed by atoms with Crippen molar-refractivity contribution in [1.82, 2.24) is 19.8 Å². The molecule has 102 valence electrons. The van der Waals surface area contributed by atoms with Gasteiger partial charge in [0.05, 0.1) is 12.4 Å². The molecule has 6 heteroatoms. The van der Waals surface area contributed by atoms with Crippen LogP contribution < -0.4 is 5.73 Å². The highest BCUT2D eigenvalue weighted by atomic mass is 16.2. The minimum absolute atomic E-state index is 0.0542. The molecule has 2 N–H and O–H groups in total. The Kier molecular flexibility index (Phi) is 3.33. The zero-order valence-corrected chi connectivity index (χ0v) is 11.0. The van der Waals surface area contributed by atoms with E-state index in [1.165, 1.54) is 38.3 Å². The number of nitrogen functional groups attached to an aromatic ring is 1. The van der Waals surface area contributed by atoms with E-state index in [2.05, 4.69) is 14.9 Å². The lowest BCUT2D eigenvalue weighted by Gasteiger charge is -2.23. The number of nitrogens with two attached hydrogens (primary N) is 1. The third-order valence-corrected chi connectivity index (χ3v) is 3.98. The molecule has 2 saturated heterocycles. The van der Waals surface area contributed by atoms with Gasteiger partial charge in [-0.3, -0.25) is 14.7 Å². The van der Waals surface area contributed by atoms with Crippen molar-refractivity contribution in [2.45, 2.75) is 25.3 Å². The largest absolute Gasteiger partial charge is 0.382 e. The Bertz CT molecular complexity index is 472. The predicted molar refractivity (Wildman–Crippen MR) is 71.6 cm³/mol. The van der Waals surface area contributed by atoms with Crippen molar-refractivity contribution in [3.8, 4) is 0 Å². The predicted octanol–water partition coefficient (Wildman–Crippen LogP) is 0.369. The summed E-state index contributed by atoms with van der Waals surface area (Å²) in [5.74, 6) is 0.239. The van der Waals surface area contributed by atoms with Gasteiger partial charge in [-0.1, -0.05) is 0 Å². The van der Waals surface area contributed by atoms with Gasteiger partial charge in [-0.05, 0) is 32.4 Å². The van der Waals surface area contributed by atoms with Crippen LogP contribution in [0.3, 0.4) is 0 Å². The molecule has 6 nitrogen and oxygen atoms in total. The van der Waals surface area contributed by atoms with Gasteiger partial charge in [-0.25, -0.2) is 4.98 Å². The topological polar surface area (TPSA) is 75.3 Å². The lowest BCUT2D eigenvalue weighted by Crippen LogP contribution is -2.37. The number of aromatic nitrogens is 2. The van der Waals surface area contributed by atoms with E-state index in [1.54, 1.807) is 0 Å². The minimum atomic E-state index is -0.0542. The Labute approximate surface area is 112 Å². The molecule has 19 heavy (non-hydrogen) atoms. The van der Waals surface area contributed by atoms with Gasteiger partial charge in [0.15, 0.2) is 0 Å². The summed E-state index contributed by atoms with van der Waals surface area (Å²) in [6.07, 6.45) is 6.56. The van der Waals surface area contributed by atoms with Crippen molar-refractivity contribution in [2.75, 3.05) is 31.9 Å². The van der Waals surface area contributed by atoms with Gasteiger partial charge in [-0.2, -0.15) is 0 Å². The molecule has 2 aliphatic rings. The van der Waals surface area contributed by atoms with Crippen LogP contribution in [0.5, 0.6) is 0 Å². The second kappa shape index (κ2) is 5.13. The van der Waals surface area contributed by atoms with Crippen LogP contribution in [-0.4, -0.2) is 57.9 Å². The Morgan fingerprint density at radius 1 is 1.26 bits per heavy atom. The normalized spacial score (nSPS) is 24.0. The molecule has 1 aromatic heterocycles. The first-order valence-electron chi connectivity index (χ1n) is 6.85. The van der Waals surface area contributed by atoms with Gasteiger partial charge in [0.1, 0.15) is 11.5 Å². The van der Waals surface area contributed by atoms with Gasteiger partial charge in [-0.15, -0.1) is 0 Å². The molecule has 0 aliphatic carbocycles. The van der Waals surface area contributed by atoms with E-state index in [4.69, 9.17) is 5.73 Å². The average Bonchev–Trinajstić information content (AvgIpc) is 3.08. The lowest BCUT2D eigenvalue weighted by atomic mass is 10.2. The zero-order valence-electron chi connectivity index (χ0n) is 11.0. The van der Waals surface area contributed by atoms with Crippen LogP contribution in [0.4, 0.5) is 5.82 Å². The number of hydrogen-bond donors (Lipinski definition) is 1. The van der Waals surface area contributed by atoms with Crippen molar-refractivity contribution < 1.29 is 4.79 Å². The smallest absolute Gasteiger partial charge is 0.274 e. The fourth-order valence-corrected chi connectivity index (χ4v) is 2.98. The Balaban J connectivity index is 1.65. The van der Waals surface area contributed by atoms with Crippen LogP contribution in [-0.2, 0) is 0 Å². The summed E-state index contributed by atoms with van der Waals surface area (Å²) < 4.78 is 0. The van der Waals surface area contributed by atoms with Gasteiger partial charge in [0, 0.05) is 19.1 Å². The first-order chi connectivity index (χ1) is 9.24. The Morgan fingerprint density at radius 3 is 2.79 bits per heavy atom. The minimum Gasteiger partial charge on any atom is -0.382 e. The first kappa shape index (κ1) is 12.3. The van der Waals surface area contributed by atoms with Crippen molar-refractivity contribution in [3.05, 3.63) is 18.1 Å². The number of carbonyl (C=O) groups excluding carboxylic acids is 1. The molecular formula is C13H19N5O. The fraction of sp³-hybridized carbons (Fsp3) is 0.615. The van der Waals surface area contributed by atoms with Crippen molar-refractivity contribution >= 4 is 11.7 Å². The molecule has 0 radical (unpaired) electrons. The molecule has 3 rings (SSSR count). The number of carbonyl (C=O) groups is 1. The lowest BCUT2D eigenvalue weighted by molar-refractivity contribution is 0.0774. The van der Waals surface area contributed by atoms with E-state index in [0.717, 1.165) is 19.5 Å². The van der Waals surface area contributed by atoms with E-state index < -0.39 is 0 Å². The molecule has 0 saturated carbocycles. The van der Waals surface area contributed by atoms with Crippen molar-refractivity contribution in [1.29, 1.82) is 0 Å². The monoisotopic (exact) mass is 261 g/mol. The van der Waals surface area contributed by atoms with E-state index >= 15 is 0 Å². The van der Waals surface area contributed by atoms with Gasteiger partial charge in [0.25, 0.3) is 5.91 Å². The highest BCUT2D eigenvalue weighted by molar-refractivity contribution is 5.92. The standard InChI is InChI=1S/C13H19N5O/c14-12-8-15-7-11(16-12)13(19)18-6-3-10(9-18)17-4-1-2-5-17/h7-8,10H,1-6,9H2,(H2,14,16). The number of rotatable bonds is 2. The van der Waals surface area contributed by atoms with Crippen LogP contribution in [0.15, 0.2) is 12.4 Å². The van der Waals surface area contributed by atoms with Crippen LogP contribution in [0.1, 0.15) is 29.8 Å². The molecule has 2 aliphatic heterocycles. The molecule has 1 amide bonds. The summed E-state index contributed by atoms with van der Waals surface area (Å²) in [5.41, 5.74) is 5.92. The SMILES string of the molecule is Nc1cncc(C(=O)N2CCC(N3CCCC3)C2)n1. The zero-order chi connectivity index (χ0) is 13.2. The number of hydrogen-bond acceptors (Lipinski definition) is 5. The summed E-state index contributed by atoms with van der Waals surface area (Å²) in [7, 11) is 0. The highest BCUT2D eigenvalue weighted by Gasteiger charge is 2.32. The van der Waals surface area contributed by atoms with Crippen LogP contribution in [0, 0.1) is 0 Å². The number of likely N-dealkylation sites (tertiary alicyclic amines) is 2. The number of nitrogens with zero attached hydrogens (tertiary/aromatic N) is 4. The molecule has 0 spiro atoms. The summed E-state index contributed by atoms with van der Waals surface area (Å²) in [6.45, 7) is 3.95. The molecule has 3 heterocycles. The number of anilines is 1. The molecular weight excluding hydrogens is 242 g/mol. The molecule has 1 aromatic rings. The molecule has 0 bridgehead atoms. The maximum atomic E-state index is 12.3. The van der Waals surface area contributed by atoms with Gasteiger partial charge in [0.2, 0.25) is 0 Å². The maximum Gasteiger partial charge on any atom is 0.274 e. The maximum absolute atomic E-state index is 12.3. The van der Waals surface area contributed by atoms with E-state index in [0.29, 0.717) is 17.6 Å². The second-order valence-corrected chi connectivity index (χ2v) is 5.27. The van der Waals surface area contributed by atoms with Crippen LogP contribution in [0.2, 0.25) is 0 Å². The van der Waals surface area contributed by atoms with E-state index in [1.807, 2.05) is 4.90 Å². The quantitative estimate of drug-likeness (QED) is 0.832. The van der Waals surface area contributed by atoms with Crippen molar-refractivity contribution in [2.24, 2.45) is 0 Å². The summed E-state index contributed by atoms with van der Waals surface area (Å²) in [4.78, 5) is 24.7. The fourth-order valence-electron chi connectivity index (χ4n) is 2.98. The Morgan fingerprint density at radius 2 is 2.05 bits per heavy atom. The molecule has 0 aromatic carbocycles. The third-order valence-electron chi connectivity index (χ3n) is 3.98. The highest BCUT2D eigenvalue weighted by Crippen LogP contribution is 2.21. The van der Waals surface area contributed by atoms with E-state index in [9.17, 15) is 4.79 Å². The summed E-state index contributed by atoms with van der Waals surface area (Å²) >= 11 is 0. The van der Waals surface area contributed by atoms with Gasteiger partial charge >= 0.3 is 0 Å². The molecule has 2 fully saturated rings. The number of amides is 1. The molecule has 1 unspecified atom stereocenters.